The minimum atomic E-state index is -0.667. The van der Waals surface area contributed by atoms with Gasteiger partial charge in [-0.1, -0.05) is 6.92 Å². The maximum absolute atomic E-state index is 12.2. The fourth-order valence-electron chi connectivity index (χ4n) is 3.64. The van der Waals surface area contributed by atoms with Crippen molar-refractivity contribution in [3.63, 3.8) is 0 Å². The van der Waals surface area contributed by atoms with Gasteiger partial charge in [0.05, 0.1) is 11.3 Å². The van der Waals surface area contributed by atoms with E-state index in [1.807, 2.05) is 20.8 Å². The summed E-state index contributed by atoms with van der Waals surface area (Å²) >= 11 is 0. The number of carboxylic acid groups (broad SMARTS) is 1. The van der Waals surface area contributed by atoms with Gasteiger partial charge in [-0.25, -0.2) is 0 Å². The normalized spacial score (nSPS) is 33.1. The Hall–Kier alpha value is -1.06. The molecule has 4 atom stereocenters. The maximum atomic E-state index is 12.2. The minimum absolute atomic E-state index is 0.0166. The number of fused-ring (bicyclic) bond motifs is 1. The number of hydrogen-bond acceptors (Lipinski definition) is 3. The van der Waals surface area contributed by atoms with Crippen molar-refractivity contribution in [1.82, 2.24) is 0 Å². The zero-order chi connectivity index (χ0) is 15.6. The van der Waals surface area contributed by atoms with Crippen LogP contribution in [0.2, 0.25) is 0 Å². The Morgan fingerprint density at radius 1 is 1.10 bits per heavy atom. The van der Waals surface area contributed by atoms with Gasteiger partial charge in [-0.3, -0.25) is 9.59 Å². The second-order valence-corrected chi connectivity index (χ2v) is 7.45. The summed E-state index contributed by atoms with van der Waals surface area (Å²) in [6.45, 7) is 5.83. The highest BCUT2D eigenvalue weighted by atomic mass is 16.5. The van der Waals surface area contributed by atoms with E-state index in [9.17, 15) is 14.7 Å². The maximum Gasteiger partial charge on any atom is 0.311 e. The molecule has 21 heavy (non-hydrogen) atoms. The Bertz CT molecular complexity index is 402. The standard InChI is InChI=1S/C17H28O4/c1-4-17(2,3)16(20)21-14-8-7-11-5-6-12(15(18)19)9-13(11)10-14/h11-14H,4-10H2,1-3H3,(H,18,19). The number of aliphatic carboxylic acids is 1. The molecule has 0 aliphatic heterocycles. The molecule has 2 rings (SSSR count). The van der Waals surface area contributed by atoms with Gasteiger partial charge in [0.15, 0.2) is 0 Å². The summed E-state index contributed by atoms with van der Waals surface area (Å²) in [6.07, 6.45) is 6.19. The first-order valence-electron chi connectivity index (χ1n) is 8.27. The first kappa shape index (κ1) is 16.3. The first-order chi connectivity index (χ1) is 9.83. The van der Waals surface area contributed by atoms with Crippen molar-refractivity contribution >= 4 is 11.9 Å². The van der Waals surface area contributed by atoms with Gasteiger partial charge in [0.1, 0.15) is 6.10 Å². The van der Waals surface area contributed by atoms with Crippen LogP contribution < -0.4 is 0 Å². The summed E-state index contributed by atoms with van der Waals surface area (Å²) in [5.74, 6) is 0.0670. The molecule has 0 aromatic rings. The van der Waals surface area contributed by atoms with Gasteiger partial charge in [0, 0.05) is 0 Å². The molecule has 2 aliphatic carbocycles. The molecule has 4 heteroatoms. The van der Waals surface area contributed by atoms with Gasteiger partial charge in [-0.2, -0.15) is 0 Å². The molecule has 120 valence electrons. The van der Waals surface area contributed by atoms with Crippen LogP contribution in [0.4, 0.5) is 0 Å². The molecule has 0 radical (unpaired) electrons. The van der Waals surface area contributed by atoms with Crippen LogP contribution >= 0.6 is 0 Å². The highest BCUT2D eigenvalue weighted by Gasteiger charge is 2.40. The second kappa shape index (κ2) is 6.37. The molecule has 0 heterocycles. The molecule has 0 spiro atoms. The summed E-state index contributed by atoms with van der Waals surface area (Å²) in [6, 6.07) is 0. The Kier molecular flexibility index (Phi) is 4.95. The van der Waals surface area contributed by atoms with E-state index < -0.39 is 11.4 Å². The van der Waals surface area contributed by atoms with E-state index >= 15 is 0 Å². The smallest absolute Gasteiger partial charge is 0.311 e. The number of hydrogen-bond donors (Lipinski definition) is 1. The zero-order valence-corrected chi connectivity index (χ0v) is 13.4. The monoisotopic (exact) mass is 296 g/mol. The highest BCUT2D eigenvalue weighted by Crippen LogP contribution is 2.43. The van der Waals surface area contributed by atoms with E-state index in [1.165, 1.54) is 0 Å². The Balaban J connectivity index is 1.91. The van der Waals surface area contributed by atoms with Crippen molar-refractivity contribution in [3.05, 3.63) is 0 Å². The van der Waals surface area contributed by atoms with Gasteiger partial charge in [-0.15, -0.1) is 0 Å². The first-order valence-corrected chi connectivity index (χ1v) is 8.27. The molecule has 0 bridgehead atoms. The average Bonchev–Trinajstić information content (AvgIpc) is 2.46. The molecule has 0 aromatic heterocycles. The predicted octanol–water partition coefficient (Wildman–Crippen LogP) is 3.64. The number of ether oxygens (including phenoxy) is 1. The number of carbonyl (C=O) groups excluding carboxylic acids is 1. The predicted molar refractivity (Wildman–Crippen MR) is 79.8 cm³/mol. The van der Waals surface area contributed by atoms with Crippen molar-refractivity contribution in [1.29, 1.82) is 0 Å². The van der Waals surface area contributed by atoms with E-state index in [-0.39, 0.29) is 18.0 Å². The topological polar surface area (TPSA) is 63.6 Å². The number of carboxylic acids is 1. The third kappa shape index (κ3) is 3.78. The molecule has 4 nitrogen and oxygen atoms in total. The van der Waals surface area contributed by atoms with Crippen LogP contribution in [0.25, 0.3) is 0 Å². The molecule has 0 amide bonds. The SMILES string of the molecule is CCC(C)(C)C(=O)OC1CCC2CCC(C(=O)O)CC2C1. The Morgan fingerprint density at radius 2 is 1.76 bits per heavy atom. The molecule has 2 saturated carbocycles. The summed E-state index contributed by atoms with van der Waals surface area (Å²) in [4.78, 5) is 23.4. The van der Waals surface area contributed by atoms with E-state index in [2.05, 4.69) is 0 Å². The number of esters is 1. The summed E-state index contributed by atoms with van der Waals surface area (Å²) < 4.78 is 5.71. The molecular weight excluding hydrogens is 268 g/mol. The van der Waals surface area contributed by atoms with E-state index in [1.54, 1.807) is 0 Å². The van der Waals surface area contributed by atoms with Crippen LogP contribution in [0.15, 0.2) is 0 Å². The molecule has 2 fully saturated rings. The van der Waals surface area contributed by atoms with Crippen LogP contribution in [-0.4, -0.2) is 23.1 Å². The fourth-order valence-corrected chi connectivity index (χ4v) is 3.64. The van der Waals surface area contributed by atoms with Gasteiger partial charge in [-0.05, 0) is 70.6 Å². The van der Waals surface area contributed by atoms with Crippen LogP contribution in [0, 0.1) is 23.2 Å². The van der Waals surface area contributed by atoms with Crippen LogP contribution in [0.1, 0.15) is 65.7 Å². The van der Waals surface area contributed by atoms with Crippen LogP contribution in [0.3, 0.4) is 0 Å². The lowest BCUT2D eigenvalue weighted by Gasteiger charge is -2.41. The third-order valence-electron chi connectivity index (χ3n) is 5.62. The minimum Gasteiger partial charge on any atom is -0.481 e. The molecule has 2 aliphatic rings. The lowest BCUT2D eigenvalue weighted by molar-refractivity contribution is -0.164. The van der Waals surface area contributed by atoms with Gasteiger partial charge >= 0.3 is 11.9 Å². The zero-order valence-electron chi connectivity index (χ0n) is 13.4. The molecular formula is C17H28O4. The van der Waals surface area contributed by atoms with Crippen molar-refractivity contribution in [3.8, 4) is 0 Å². The summed E-state index contributed by atoms with van der Waals surface area (Å²) in [5.41, 5.74) is -0.424. The largest absolute Gasteiger partial charge is 0.481 e. The molecule has 0 saturated heterocycles. The Labute approximate surface area is 127 Å². The third-order valence-corrected chi connectivity index (χ3v) is 5.62. The highest BCUT2D eigenvalue weighted by molar-refractivity contribution is 5.76. The molecule has 1 N–H and O–H groups in total. The molecule has 0 aromatic carbocycles. The van der Waals surface area contributed by atoms with Crippen LogP contribution in [-0.2, 0) is 14.3 Å². The summed E-state index contributed by atoms with van der Waals surface area (Å²) in [5, 5.41) is 9.19. The van der Waals surface area contributed by atoms with Crippen molar-refractivity contribution < 1.29 is 19.4 Å². The number of carbonyl (C=O) groups is 2. The summed E-state index contributed by atoms with van der Waals surface area (Å²) in [7, 11) is 0. The molecule has 4 unspecified atom stereocenters. The van der Waals surface area contributed by atoms with Gasteiger partial charge in [0.25, 0.3) is 0 Å². The quantitative estimate of drug-likeness (QED) is 0.805. The Morgan fingerprint density at radius 3 is 2.38 bits per heavy atom. The van der Waals surface area contributed by atoms with E-state index in [0.717, 1.165) is 44.9 Å². The lowest BCUT2D eigenvalue weighted by Crippen LogP contribution is -2.38. The van der Waals surface area contributed by atoms with Crippen molar-refractivity contribution in [2.45, 2.75) is 71.8 Å². The fraction of sp³-hybridized carbons (Fsp3) is 0.882. The second-order valence-electron chi connectivity index (χ2n) is 7.45. The van der Waals surface area contributed by atoms with E-state index in [0.29, 0.717) is 11.8 Å². The lowest BCUT2D eigenvalue weighted by atomic mass is 9.67. The van der Waals surface area contributed by atoms with Crippen LogP contribution in [0.5, 0.6) is 0 Å². The van der Waals surface area contributed by atoms with Crippen molar-refractivity contribution in [2.75, 3.05) is 0 Å². The van der Waals surface area contributed by atoms with Gasteiger partial charge in [0.2, 0.25) is 0 Å². The van der Waals surface area contributed by atoms with Gasteiger partial charge < -0.3 is 9.84 Å². The number of rotatable bonds is 4. The van der Waals surface area contributed by atoms with Crippen molar-refractivity contribution in [2.24, 2.45) is 23.2 Å². The average molecular weight is 296 g/mol. The van der Waals surface area contributed by atoms with E-state index in [4.69, 9.17) is 4.74 Å².